The number of esters is 1. The number of hydrogen-bond acceptors (Lipinski definition) is 8. The second kappa shape index (κ2) is 8.18. The lowest BCUT2D eigenvalue weighted by Gasteiger charge is -2.64. The molecule has 0 aromatic carbocycles. The molecule has 8 nitrogen and oxygen atoms in total. The van der Waals surface area contributed by atoms with Crippen LogP contribution in [0.2, 0.25) is 0 Å². The van der Waals surface area contributed by atoms with Crippen molar-refractivity contribution in [3.63, 3.8) is 0 Å². The molecule has 8 heteroatoms. The number of fused-ring (bicyclic) bond motifs is 5. The molecule has 188 valence electrons. The standard InChI is InChI=1S/C26H36O8/c1-15-12-20-19-7-6-17-13-18(28)8-9-23(17,3)25(19,34-22(30)32-5)11-10-24(20,4)26(15,31)21(29)14-33-16(2)27/h13,15,19-20,31H,6-12,14H2,1-5H3/t15-,19-,20-,23-,24-,25+,26+/m0/s1. The summed E-state index contributed by atoms with van der Waals surface area (Å²) in [5.74, 6) is -1.50. The highest BCUT2D eigenvalue weighted by Crippen LogP contribution is 2.71. The first kappa shape index (κ1) is 24.9. The van der Waals surface area contributed by atoms with Crippen LogP contribution < -0.4 is 0 Å². The minimum Gasteiger partial charge on any atom is -0.458 e. The van der Waals surface area contributed by atoms with Crippen LogP contribution in [0.4, 0.5) is 4.79 Å². The minimum atomic E-state index is -1.65. The summed E-state index contributed by atoms with van der Waals surface area (Å²) in [5.41, 5.74) is -2.81. The van der Waals surface area contributed by atoms with E-state index in [-0.39, 0.29) is 23.5 Å². The van der Waals surface area contributed by atoms with Gasteiger partial charge in [-0.3, -0.25) is 14.4 Å². The summed E-state index contributed by atoms with van der Waals surface area (Å²) in [6, 6.07) is 0. The number of methoxy groups -OCH3 is 1. The van der Waals surface area contributed by atoms with Gasteiger partial charge < -0.3 is 19.3 Å². The molecule has 3 saturated carbocycles. The zero-order chi connectivity index (χ0) is 25.1. The first-order valence-electron chi connectivity index (χ1n) is 12.3. The van der Waals surface area contributed by atoms with E-state index in [2.05, 4.69) is 6.92 Å². The van der Waals surface area contributed by atoms with E-state index >= 15 is 0 Å². The van der Waals surface area contributed by atoms with Crippen molar-refractivity contribution in [1.29, 1.82) is 0 Å². The lowest BCUT2D eigenvalue weighted by atomic mass is 9.44. The van der Waals surface area contributed by atoms with E-state index < -0.39 is 46.5 Å². The molecule has 4 aliphatic rings. The van der Waals surface area contributed by atoms with Crippen molar-refractivity contribution >= 4 is 23.7 Å². The molecule has 3 fully saturated rings. The van der Waals surface area contributed by atoms with E-state index in [9.17, 15) is 24.3 Å². The predicted molar refractivity (Wildman–Crippen MR) is 121 cm³/mol. The number of Topliss-reactive ketones (excluding diaryl/α,β-unsaturated/α-hetero) is 1. The summed E-state index contributed by atoms with van der Waals surface area (Å²) in [7, 11) is 1.29. The molecule has 7 atom stereocenters. The normalized spacial score (nSPS) is 43.1. The van der Waals surface area contributed by atoms with E-state index in [1.807, 2.05) is 13.8 Å². The van der Waals surface area contributed by atoms with Gasteiger partial charge in [-0.2, -0.15) is 0 Å². The number of ketones is 2. The highest BCUT2D eigenvalue weighted by atomic mass is 16.7. The van der Waals surface area contributed by atoms with E-state index in [1.165, 1.54) is 14.0 Å². The molecule has 0 aliphatic heterocycles. The highest BCUT2D eigenvalue weighted by Gasteiger charge is 2.74. The van der Waals surface area contributed by atoms with Gasteiger partial charge in [-0.15, -0.1) is 0 Å². The molecule has 1 N–H and O–H groups in total. The molecule has 0 aromatic rings. The smallest absolute Gasteiger partial charge is 0.458 e. The van der Waals surface area contributed by atoms with Gasteiger partial charge in [0.25, 0.3) is 0 Å². The Hall–Kier alpha value is -2.22. The van der Waals surface area contributed by atoms with E-state index in [0.717, 1.165) is 5.57 Å². The van der Waals surface area contributed by atoms with Gasteiger partial charge in [0.15, 0.2) is 12.4 Å². The Morgan fingerprint density at radius 1 is 1.12 bits per heavy atom. The van der Waals surface area contributed by atoms with Gasteiger partial charge in [0.1, 0.15) is 11.2 Å². The highest BCUT2D eigenvalue weighted by molar-refractivity contribution is 5.92. The molecule has 4 rings (SSSR count). The topological polar surface area (TPSA) is 116 Å². The summed E-state index contributed by atoms with van der Waals surface area (Å²) >= 11 is 0. The van der Waals surface area contributed by atoms with E-state index in [1.54, 1.807) is 6.08 Å². The summed E-state index contributed by atoms with van der Waals surface area (Å²) in [6.45, 7) is 6.68. The average Bonchev–Trinajstić information content (AvgIpc) is 3.00. The van der Waals surface area contributed by atoms with Crippen LogP contribution in [0, 0.1) is 28.6 Å². The van der Waals surface area contributed by atoms with Crippen LogP contribution in [-0.2, 0) is 28.6 Å². The molecule has 4 aliphatic carbocycles. The zero-order valence-electron chi connectivity index (χ0n) is 20.8. The summed E-state index contributed by atoms with van der Waals surface area (Å²) in [4.78, 5) is 49.4. The Morgan fingerprint density at radius 2 is 1.82 bits per heavy atom. The molecule has 0 spiro atoms. The van der Waals surface area contributed by atoms with Crippen molar-refractivity contribution in [1.82, 2.24) is 0 Å². The number of carbonyl (C=O) groups excluding carboxylic acids is 4. The quantitative estimate of drug-likeness (QED) is 0.613. The summed E-state index contributed by atoms with van der Waals surface area (Å²) in [6.07, 6.45) is 4.83. The maximum atomic E-state index is 13.3. The van der Waals surface area contributed by atoms with Crippen molar-refractivity contribution in [3.05, 3.63) is 11.6 Å². The van der Waals surface area contributed by atoms with Crippen molar-refractivity contribution in [3.8, 4) is 0 Å². The first-order valence-corrected chi connectivity index (χ1v) is 12.3. The summed E-state index contributed by atoms with van der Waals surface area (Å²) < 4.78 is 16.1. The molecule has 0 aromatic heterocycles. The lowest BCUT2D eigenvalue weighted by molar-refractivity contribution is -0.218. The predicted octanol–water partition coefficient (Wildman–Crippen LogP) is 3.53. The van der Waals surface area contributed by atoms with Crippen LogP contribution in [0.1, 0.15) is 72.6 Å². The molecule has 34 heavy (non-hydrogen) atoms. The van der Waals surface area contributed by atoms with Crippen LogP contribution in [0.5, 0.6) is 0 Å². The maximum Gasteiger partial charge on any atom is 0.508 e. The third-order valence-corrected chi connectivity index (χ3v) is 9.95. The van der Waals surface area contributed by atoms with E-state index in [4.69, 9.17) is 14.2 Å². The number of hydrogen-bond donors (Lipinski definition) is 1. The Bertz CT molecular complexity index is 954. The average molecular weight is 477 g/mol. The SMILES string of the molecule is COC(=O)O[C@]12CC[C@@]3(C)[C@@H](C[C@H](C)[C@@]3(O)C(=O)COC(C)=O)[C@@H]1CCC1=CC(=O)CC[C@@]12C. The third kappa shape index (κ3) is 3.20. The Kier molecular flexibility index (Phi) is 5.99. The van der Waals surface area contributed by atoms with Gasteiger partial charge in [0.2, 0.25) is 5.78 Å². The molecular weight excluding hydrogens is 440 g/mol. The van der Waals surface area contributed by atoms with Gasteiger partial charge in [-0.25, -0.2) is 4.79 Å². The van der Waals surface area contributed by atoms with Crippen molar-refractivity contribution in [2.45, 2.75) is 83.8 Å². The van der Waals surface area contributed by atoms with Gasteiger partial charge >= 0.3 is 12.1 Å². The van der Waals surface area contributed by atoms with Crippen LogP contribution in [0.25, 0.3) is 0 Å². The number of ether oxygens (including phenoxy) is 3. The fourth-order valence-corrected chi connectivity index (χ4v) is 8.12. The first-order chi connectivity index (χ1) is 15.9. The van der Waals surface area contributed by atoms with Gasteiger partial charge in [-0.1, -0.05) is 26.3 Å². The number of carbonyl (C=O) groups is 4. The zero-order valence-corrected chi connectivity index (χ0v) is 20.8. The Balaban J connectivity index is 1.77. The monoisotopic (exact) mass is 476 g/mol. The third-order valence-electron chi connectivity index (χ3n) is 9.95. The fraction of sp³-hybridized carbons (Fsp3) is 0.769. The lowest BCUT2D eigenvalue weighted by Crippen LogP contribution is -2.67. The minimum absolute atomic E-state index is 0.0943. The fourth-order valence-electron chi connectivity index (χ4n) is 8.12. The van der Waals surface area contributed by atoms with Crippen LogP contribution >= 0.6 is 0 Å². The second-order valence-corrected chi connectivity index (χ2v) is 11.2. The van der Waals surface area contributed by atoms with Crippen molar-refractivity contribution in [2.24, 2.45) is 28.6 Å². The molecule has 0 saturated heterocycles. The molecule has 0 heterocycles. The molecule has 0 amide bonds. The largest absolute Gasteiger partial charge is 0.508 e. The van der Waals surface area contributed by atoms with Crippen LogP contribution in [-0.4, -0.2) is 53.7 Å². The molecule has 0 unspecified atom stereocenters. The van der Waals surface area contributed by atoms with Gasteiger partial charge in [-0.05, 0) is 56.4 Å². The number of aliphatic hydroxyl groups is 1. The van der Waals surface area contributed by atoms with Crippen LogP contribution in [0.3, 0.4) is 0 Å². The molecule has 0 bridgehead atoms. The summed E-state index contributed by atoms with van der Waals surface area (Å²) in [5, 5.41) is 11.9. The Morgan fingerprint density at radius 3 is 2.47 bits per heavy atom. The maximum absolute atomic E-state index is 13.3. The van der Waals surface area contributed by atoms with Crippen LogP contribution in [0.15, 0.2) is 11.6 Å². The van der Waals surface area contributed by atoms with Gasteiger partial charge in [0, 0.05) is 30.1 Å². The Labute approximate surface area is 200 Å². The molecule has 0 radical (unpaired) electrons. The van der Waals surface area contributed by atoms with Crippen molar-refractivity contribution in [2.75, 3.05) is 13.7 Å². The number of rotatable bonds is 4. The van der Waals surface area contributed by atoms with Gasteiger partial charge in [0.05, 0.1) is 7.11 Å². The van der Waals surface area contributed by atoms with E-state index in [0.29, 0.717) is 44.9 Å². The van der Waals surface area contributed by atoms with Crippen molar-refractivity contribution < 1.29 is 38.5 Å². The second-order valence-electron chi connectivity index (χ2n) is 11.2. The molecular formula is C26H36O8.